The predicted octanol–water partition coefficient (Wildman–Crippen LogP) is 0.560. The maximum Gasteiger partial charge on any atom is 0.288 e. The average Bonchev–Trinajstić information content (AvgIpc) is 2.97. The van der Waals surface area contributed by atoms with Crippen LogP contribution in [0, 0.1) is 0 Å². The first-order valence-corrected chi connectivity index (χ1v) is 8.67. The number of carbonyl (C=O) groups excluding carboxylic acids is 1. The van der Waals surface area contributed by atoms with Gasteiger partial charge < -0.3 is 20.6 Å². The van der Waals surface area contributed by atoms with Crippen molar-refractivity contribution in [2.75, 3.05) is 24.7 Å². The third kappa shape index (κ3) is 3.98. The topological polar surface area (TPSA) is 148 Å². The average molecular weight is 399 g/mol. The quantitative estimate of drug-likeness (QED) is 0.407. The molecule has 2 heterocycles. The van der Waals surface area contributed by atoms with Crippen molar-refractivity contribution in [1.29, 1.82) is 0 Å². The Morgan fingerprint density at radius 1 is 1.14 bits per heavy atom. The van der Waals surface area contributed by atoms with Gasteiger partial charge in [0, 0.05) is 27.7 Å². The van der Waals surface area contributed by atoms with Crippen LogP contribution < -0.4 is 21.8 Å². The molecule has 3 rings (SSSR count). The zero-order valence-electron chi connectivity index (χ0n) is 16.1. The monoisotopic (exact) mass is 399 g/mol. The van der Waals surface area contributed by atoms with Crippen molar-refractivity contribution in [2.45, 2.75) is 6.54 Å². The smallest absolute Gasteiger partial charge is 0.288 e. The maximum atomic E-state index is 12.3. The molecule has 0 unspecified atom stereocenters. The summed E-state index contributed by atoms with van der Waals surface area (Å²) in [7, 11) is 4.56. The SMILES string of the molecule is CN(C)C(=O)c1c(O)c(Nc2c(NCc3ccccc3)c(=O)[nH][nH]c2=O)nn1C. The lowest BCUT2D eigenvalue weighted by molar-refractivity contribution is 0.0814. The van der Waals surface area contributed by atoms with Crippen molar-refractivity contribution in [3.63, 3.8) is 0 Å². The molecule has 3 aromatic rings. The molecule has 5 N–H and O–H groups in total. The molecule has 0 atom stereocenters. The summed E-state index contributed by atoms with van der Waals surface area (Å²) in [6.07, 6.45) is 0. The summed E-state index contributed by atoms with van der Waals surface area (Å²) < 4.78 is 1.19. The van der Waals surface area contributed by atoms with Gasteiger partial charge in [-0.25, -0.2) is 0 Å². The van der Waals surface area contributed by atoms with E-state index >= 15 is 0 Å². The van der Waals surface area contributed by atoms with Gasteiger partial charge in [0.15, 0.2) is 17.3 Å². The molecule has 11 heteroatoms. The molecule has 2 aromatic heterocycles. The number of nitrogens with one attached hydrogen (secondary N) is 4. The Balaban J connectivity index is 1.97. The van der Waals surface area contributed by atoms with Gasteiger partial charge in [-0.2, -0.15) is 5.10 Å². The molecule has 1 aromatic carbocycles. The molecule has 0 spiro atoms. The van der Waals surface area contributed by atoms with E-state index in [4.69, 9.17) is 0 Å². The van der Waals surface area contributed by atoms with Crippen LogP contribution in [0.2, 0.25) is 0 Å². The van der Waals surface area contributed by atoms with E-state index in [1.54, 1.807) is 0 Å². The Morgan fingerprint density at radius 3 is 2.38 bits per heavy atom. The molecule has 0 aliphatic carbocycles. The third-order valence-corrected chi connectivity index (χ3v) is 4.18. The fraction of sp³-hybridized carbons (Fsp3) is 0.222. The fourth-order valence-corrected chi connectivity index (χ4v) is 2.71. The minimum atomic E-state index is -0.634. The normalized spacial score (nSPS) is 10.6. The Hall–Kier alpha value is -4.02. The molecule has 152 valence electrons. The molecule has 0 fully saturated rings. The number of anilines is 3. The van der Waals surface area contributed by atoms with E-state index in [0.29, 0.717) is 6.54 Å². The predicted molar refractivity (Wildman–Crippen MR) is 108 cm³/mol. The van der Waals surface area contributed by atoms with Gasteiger partial charge in [-0.15, -0.1) is 0 Å². The number of aromatic nitrogens is 4. The molecule has 0 saturated carbocycles. The standard InChI is InChI=1S/C18H21N7O4/c1-24(2)18(29)13-14(26)15(23-25(13)3)20-12-11(16(27)21-22-17(12)28)19-9-10-7-5-4-6-8-10/h4-8,26H,9H2,1-3H3,(H2,19,22,28)(H2,20,21,23,27). The summed E-state index contributed by atoms with van der Waals surface area (Å²) in [5.41, 5.74) is -0.519. The first kappa shape index (κ1) is 19.7. The maximum absolute atomic E-state index is 12.3. The summed E-state index contributed by atoms with van der Waals surface area (Å²) >= 11 is 0. The molecule has 11 nitrogen and oxygen atoms in total. The van der Waals surface area contributed by atoms with Crippen LogP contribution in [0.1, 0.15) is 16.1 Å². The number of benzene rings is 1. The number of rotatable bonds is 6. The van der Waals surface area contributed by atoms with Gasteiger partial charge in [0.05, 0.1) is 0 Å². The van der Waals surface area contributed by atoms with Crippen LogP contribution in [0.15, 0.2) is 39.9 Å². The van der Waals surface area contributed by atoms with Gasteiger partial charge in [0.2, 0.25) is 0 Å². The van der Waals surface area contributed by atoms with Crippen molar-refractivity contribution in [2.24, 2.45) is 7.05 Å². The number of aromatic hydroxyl groups is 1. The second kappa shape index (κ2) is 7.92. The highest BCUT2D eigenvalue weighted by Gasteiger charge is 2.24. The lowest BCUT2D eigenvalue weighted by Gasteiger charge is -2.11. The van der Waals surface area contributed by atoms with Crippen LogP contribution in [-0.2, 0) is 13.6 Å². The van der Waals surface area contributed by atoms with Crippen molar-refractivity contribution in [3.05, 3.63) is 62.3 Å². The molecular weight excluding hydrogens is 378 g/mol. The van der Waals surface area contributed by atoms with Crippen molar-refractivity contribution in [3.8, 4) is 5.75 Å². The molecular formula is C18H21N7O4. The van der Waals surface area contributed by atoms with Gasteiger partial charge in [0.25, 0.3) is 17.0 Å². The van der Waals surface area contributed by atoms with Crippen LogP contribution in [0.25, 0.3) is 0 Å². The number of hydrogen-bond donors (Lipinski definition) is 5. The first-order valence-electron chi connectivity index (χ1n) is 8.67. The molecule has 0 radical (unpaired) electrons. The number of carbonyl (C=O) groups is 1. The number of aryl methyl sites for hydroxylation is 1. The van der Waals surface area contributed by atoms with Gasteiger partial charge in [0.1, 0.15) is 11.4 Å². The van der Waals surface area contributed by atoms with Crippen LogP contribution in [-0.4, -0.2) is 50.0 Å². The minimum absolute atomic E-state index is 0.0249. The Morgan fingerprint density at radius 2 is 1.76 bits per heavy atom. The fourth-order valence-electron chi connectivity index (χ4n) is 2.71. The molecule has 29 heavy (non-hydrogen) atoms. The second-order valence-corrected chi connectivity index (χ2v) is 6.49. The number of aromatic amines is 2. The second-order valence-electron chi connectivity index (χ2n) is 6.49. The van der Waals surface area contributed by atoms with Gasteiger partial charge in [-0.3, -0.25) is 29.3 Å². The van der Waals surface area contributed by atoms with E-state index in [1.165, 1.54) is 30.7 Å². The zero-order valence-corrected chi connectivity index (χ0v) is 16.1. The summed E-state index contributed by atoms with van der Waals surface area (Å²) in [5, 5.41) is 24.5. The number of nitrogens with zero attached hydrogens (tertiary/aromatic N) is 3. The highest BCUT2D eigenvalue weighted by Crippen LogP contribution is 2.30. The number of H-pyrrole nitrogens is 2. The van der Waals surface area contributed by atoms with E-state index in [0.717, 1.165) is 5.56 Å². The number of hydrogen-bond acceptors (Lipinski definition) is 7. The van der Waals surface area contributed by atoms with Crippen LogP contribution in [0.5, 0.6) is 5.75 Å². The molecule has 0 bridgehead atoms. The van der Waals surface area contributed by atoms with Crippen LogP contribution in [0.3, 0.4) is 0 Å². The van der Waals surface area contributed by atoms with Gasteiger partial charge >= 0.3 is 0 Å². The summed E-state index contributed by atoms with van der Waals surface area (Å²) in [4.78, 5) is 38.1. The molecule has 0 saturated heterocycles. The van der Waals surface area contributed by atoms with Gasteiger partial charge in [-0.1, -0.05) is 30.3 Å². The molecule has 0 aliphatic heterocycles. The van der Waals surface area contributed by atoms with Crippen molar-refractivity contribution >= 4 is 23.1 Å². The van der Waals surface area contributed by atoms with Crippen LogP contribution in [0.4, 0.5) is 17.2 Å². The highest BCUT2D eigenvalue weighted by atomic mass is 16.3. The first-order chi connectivity index (χ1) is 13.8. The number of amides is 1. The van der Waals surface area contributed by atoms with Crippen molar-refractivity contribution < 1.29 is 9.90 Å². The largest absolute Gasteiger partial charge is 0.503 e. The van der Waals surface area contributed by atoms with Crippen LogP contribution >= 0.6 is 0 Å². The lowest BCUT2D eigenvalue weighted by Crippen LogP contribution is -2.26. The third-order valence-electron chi connectivity index (χ3n) is 4.18. The summed E-state index contributed by atoms with van der Waals surface area (Å²) in [6.45, 7) is 0.292. The summed E-state index contributed by atoms with van der Waals surface area (Å²) in [6, 6.07) is 9.31. The summed E-state index contributed by atoms with van der Waals surface area (Å²) in [5.74, 6) is -1.02. The Bertz CT molecular complexity index is 1150. The Kier molecular flexibility index (Phi) is 5.39. The minimum Gasteiger partial charge on any atom is -0.503 e. The molecule has 1 amide bonds. The van der Waals surface area contributed by atoms with E-state index < -0.39 is 22.8 Å². The van der Waals surface area contributed by atoms with E-state index in [9.17, 15) is 19.5 Å². The highest BCUT2D eigenvalue weighted by molar-refractivity contribution is 5.97. The van der Waals surface area contributed by atoms with Gasteiger partial charge in [-0.05, 0) is 5.56 Å². The van der Waals surface area contributed by atoms with E-state index in [-0.39, 0.29) is 22.9 Å². The van der Waals surface area contributed by atoms with Crippen molar-refractivity contribution in [1.82, 2.24) is 24.9 Å². The Labute approximate surface area is 165 Å². The van der Waals surface area contributed by atoms with E-state index in [2.05, 4.69) is 25.9 Å². The van der Waals surface area contributed by atoms with E-state index in [1.807, 2.05) is 30.3 Å². The lowest BCUT2D eigenvalue weighted by atomic mass is 10.2. The zero-order chi connectivity index (χ0) is 21.1. The molecule has 0 aliphatic rings.